The van der Waals surface area contributed by atoms with Crippen molar-refractivity contribution in [3.63, 3.8) is 0 Å². The average molecular weight is 332 g/mol. The molecule has 4 aliphatic heterocycles. The van der Waals surface area contributed by atoms with Gasteiger partial charge in [0.15, 0.2) is 0 Å². The second-order valence-electron chi connectivity index (χ2n) is 9.62. The third-order valence-corrected chi connectivity index (χ3v) is 7.83. The summed E-state index contributed by atoms with van der Waals surface area (Å²) in [5.74, 6) is 0. The first-order valence-electron chi connectivity index (χ1n) is 10.0. The molecule has 0 aliphatic carbocycles. The smallest absolute Gasteiger partial charge is 0.105 e. The van der Waals surface area contributed by atoms with Crippen LogP contribution in [0.5, 0.6) is 0 Å². The SMILES string of the molecule is c1ccc2c(c1)C[N+]1(CCC3(CC[N+]4(Cc5ccccc5C4)C3)C1)C2. The minimum Gasteiger partial charge on any atom is -0.315 e. The third-order valence-electron chi connectivity index (χ3n) is 7.83. The standard InChI is InChI=1S/C23H28N2/c1-2-6-20-14-24(13-19(20)5-1)11-9-23(17-24)10-12-25(18-23)15-21-7-3-4-8-22(21)16-25/h1-8H,9-18H2/q+2. The predicted molar refractivity (Wildman–Crippen MR) is 99.4 cm³/mol. The van der Waals surface area contributed by atoms with Gasteiger partial charge < -0.3 is 8.97 Å². The van der Waals surface area contributed by atoms with Crippen molar-refractivity contribution in [3.05, 3.63) is 70.8 Å². The zero-order valence-electron chi connectivity index (χ0n) is 15.1. The Bertz CT molecular complexity index is 731. The van der Waals surface area contributed by atoms with E-state index in [0.717, 1.165) is 0 Å². The van der Waals surface area contributed by atoms with E-state index in [9.17, 15) is 0 Å². The van der Waals surface area contributed by atoms with Gasteiger partial charge in [-0.1, -0.05) is 48.5 Å². The molecule has 4 heterocycles. The van der Waals surface area contributed by atoms with Gasteiger partial charge in [0.05, 0.1) is 31.6 Å². The van der Waals surface area contributed by atoms with Crippen molar-refractivity contribution < 1.29 is 8.97 Å². The molecule has 6 rings (SSSR count). The van der Waals surface area contributed by atoms with E-state index in [1.54, 1.807) is 22.3 Å². The molecule has 2 fully saturated rings. The van der Waals surface area contributed by atoms with Crippen LogP contribution in [0.1, 0.15) is 35.1 Å². The van der Waals surface area contributed by atoms with E-state index in [2.05, 4.69) is 48.5 Å². The monoisotopic (exact) mass is 332 g/mol. The summed E-state index contributed by atoms with van der Waals surface area (Å²) in [6.45, 7) is 10.8. The molecule has 25 heavy (non-hydrogen) atoms. The Morgan fingerprint density at radius 2 is 0.920 bits per heavy atom. The van der Waals surface area contributed by atoms with Crippen LogP contribution in [0.3, 0.4) is 0 Å². The Morgan fingerprint density at radius 1 is 0.560 bits per heavy atom. The van der Waals surface area contributed by atoms with Crippen LogP contribution in [-0.4, -0.2) is 35.1 Å². The van der Waals surface area contributed by atoms with E-state index in [0.29, 0.717) is 5.41 Å². The molecular weight excluding hydrogens is 304 g/mol. The van der Waals surface area contributed by atoms with Gasteiger partial charge in [-0.05, 0) is 0 Å². The average Bonchev–Trinajstić information content (AvgIpc) is 3.33. The molecule has 0 aromatic heterocycles. The first-order chi connectivity index (χ1) is 12.2. The molecular formula is C23H28N2+2. The van der Waals surface area contributed by atoms with E-state index in [-0.39, 0.29) is 0 Å². The Hall–Kier alpha value is -1.64. The summed E-state index contributed by atoms with van der Waals surface area (Å²) >= 11 is 0. The van der Waals surface area contributed by atoms with Crippen molar-refractivity contribution in [2.75, 3.05) is 26.2 Å². The Labute approximate surface area is 150 Å². The zero-order valence-corrected chi connectivity index (χ0v) is 15.1. The molecule has 0 unspecified atom stereocenters. The van der Waals surface area contributed by atoms with Gasteiger partial charge in [-0.3, -0.25) is 0 Å². The summed E-state index contributed by atoms with van der Waals surface area (Å²) in [6, 6.07) is 18.4. The second-order valence-corrected chi connectivity index (χ2v) is 9.62. The maximum Gasteiger partial charge on any atom is 0.105 e. The molecule has 0 amide bonds. The van der Waals surface area contributed by atoms with E-state index >= 15 is 0 Å². The molecule has 0 saturated carbocycles. The normalized spacial score (nSPS) is 26.6. The quantitative estimate of drug-likeness (QED) is 0.643. The molecule has 2 aromatic rings. The molecule has 128 valence electrons. The van der Waals surface area contributed by atoms with Crippen molar-refractivity contribution >= 4 is 0 Å². The summed E-state index contributed by atoms with van der Waals surface area (Å²) in [7, 11) is 0. The Balaban J connectivity index is 1.24. The van der Waals surface area contributed by atoms with E-state index in [1.807, 2.05) is 0 Å². The van der Waals surface area contributed by atoms with E-state index in [4.69, 9.17) is 0 Å². The number of benzene rings is 2. The van der Waals surface area contributed by atoms with Gasteiger partial charge in [0.1, 0.15) is 26.2 Å². The lowest BCUT2D eigenvalue weighted by atomic mass is 9.86. The van der Waals surface area contributed by atoms with Crippen LogP contribution in [0.4, 0.5) is 0 Å². The largest absolute Gasteiger partial charge is 0.315 e. The number of nitrogens with zero attached hydrogens (tertiary/aromatic N) is 2. The highest BCUT2D eigenvalue weighted by atomic mass is 15.4. The molecule has 2 heteroatoms. The molecule has 2 saturated heterocycles. The molecule has 3 spiro atoms. The molecule has 4 aliphatic rings. The first kappa shape index (κ1) is 14.5. The summed E-state index contributed by atoms with van der Waals surface area (Å²) in [5.41, 5.74) is 7.10. The lowest BCUT2D eigenvalue weighted by Crippen LogP contribution is -2.45. The van der Waals surface area contributed by atoms with Crippen molar-refractivity contribution in [2.45, 2.75) is 39.0 Å². The van der Waals surface area contributed by atoms with Crippen LogP contribution in [0.2, 0.25) is 0 Å². The number of rotatable bonds is 0. The van der Waals surface area contributed by atoms with Crippen LogP contribution in [-0.2, 0) is 26.2 Å². The molecule has 2 aromatic carbocycles. The van der Waals surface area contributed by atoms with Crippen LogP contribution >= 0.6 is 0 Å². The van der Waals surface area contributed by atoms with Crippen molar-refractivity contribution in [1.82, 2.24) is 0 Å². The summed E-state index contributed by atoms with van der Waals surface area (Å²) in [6.07, 6.45) is 2.91. The maximum absolute atomic E-state index is 2.37. The van der Waals surface area contributed by atoms with Gasteiger partial charge >= 0.3 is 0 Å². The summed E-state index contributed by atoms with van der Waals surface area (Å²) < 4.78 is 2.71. The minimum absolute atomic E-state index is 0.615. The van der Waals surface area contributed by atoms with Gasteiger partial charge in [0, 0.05) is 35.1 Å². The Morgan fingerprint density at radius 3 is 1.28 bits per heavy atom. The van der Waals surface area contributed by atoms with Gasteiger partial charge in [0.25, 0.3) is 0 Å². The van der Waals surface area contributed by atoms with Crippen LogP contribution < -0.4 is 0 Å². The highest BCUT2D eigenvalue weighted by Crippen LogP contribution is 2.51. The molecule has 0 radical (unpaired) electrons. The third kappa shape index (κ3) is 2.10. The molecule has 0 atom stereocenters. The lowest BCUT2D eigenvalue weighted by Gasteiger charge is -2.33. The zero-order chi connectivity index (χ0) is 16.5. The first-order valence-corrected chi connectivity index (χ1v) is 10.0. The number of quaternary nitrogens is 2. The van der Waals surface area contributed by atoms with E-state index < -0.39 is 0 Å². The van der Waals surface area contributed by atoms with Crippen LogP contribution in [0.25, 0.3) is 0 Å². The fourth-order valence-corrected chi connectivity index (χ4v) is 6.85. The van der Waals surface area contributed by atoms with Gasteiger partial charge in [-0.2, -0.15) is 0 Å². The van der Waals surface area contributed by atoms with Gasteiger partial charge in [-0.25, -0.2) is 0 Å². The molecule has 2 nitrogen and oxygen atoms in total. The summed E-state index contributed by atoms with van der Waals surface area (Å²) in [4.78, 5) is 0. The van der Waals surface area contributed by atoms with Gasteiger partial charge in [0.2, 0.25) is 0 Å². The maximum atomic E-state index is 2.37. The fourth-order valence-electron chi connectivity index (χ4n) is 6.85. The summed E-state index contributed by atoms with van der Waals surface area (Å²) in [5, 5.41) is 0. The minimum atomic E-state index is 0.615. The highest BCUT2D eigenvalue weighted by Gasteiger charge is 2.59. The van der Waals surface area contributed by atoms with Crippen molar-refractivity contribution in [1.29, 1.82) is 0 Å². The second kappa shape index (κ2) is 4.75. The van der Waals surface area contributed by atoms with Crippen LogP contribution in [0.15, 0.2) is 48.5 Å². The number of fused-ring (bicyclic) bond motifs is 2. The number of hydrogen-bond acceptors (Lipinski definition) is 0. The Kier molecular flexibility index (Phi) is 2.76. The fraction of sp³-hybridized carbons (Fsp3) is 0.478. The van der Waals surface area contributed by atoms with Crippen LogP contribution in [0, 0.1) is 5.41 Å². The molecule has 0 N–H and O–H groups in total. The lowest BCUT2D eigenvalue weighted by molar-refractivity contribution is -0.949. The highest BCUT2D eigenvalue weighted by molar-refractivity contribution is 5.29. The topological polar surface area (TPSA) is 0 Å². The molecule has 0 bridgehead atoms. The van der Waals surface area contributed by atoms with E-state index in [1.165, 1.54) is 74.2 Å². The van der Waals surface area contributed by atoms with Crippen molar-refractivity contribution in [3.8, 4) is 0 Å². The predicted octanol–water partition coefficient (Wildman–Crippen LogP) is 3.84. The van der Waals surface area contributed by atoms with Gasteiger partial charge in [-0.15, -0.1) is 0 Å². The number of hydrogen-bond donors (Lipinski definition) is 0. The van der Waals surface area contributed by atoms with Crippen molar-refractivity contribution in [2.24, 2.45) is 5.41 Å².